The summed E-state index contributed by atoms with van der Waals surface area (Å²) >= 11 is 7.36. The average Bonchev–Trinajstić information content (AvgIpc) is 3.25. The molecule has 168 valence electrons. The first-order valence-corrected chi connectivity index (χ1v) is 11.7. The van der Waals surface area contributed by atoms with E-state index in [2.05, 4.69) is 20.5 Å². The van der Waals surface area contributed by atoms with Crippen molar-refractivity contribution in [2.45, 2.75) is 19.0 Å². The van der Waals surface area contributed by atoms with Crippen molar-refractivity contribution in [3.8, 4) is 22.8 Å². The Balaban J connectivity index is 1.59. The van der Waals surface area contributed by atoms with Gasteiger partial charge in [-0.2, -0.15) is 0 Å². The Labute approximate surface area is 201 Å². The number of halogens is 1. The topological polar surface area (TPSA) is 81.9 Å². The van der Waals surface area contributed by atoms with Gasteiger partial charge in [-0.25, -0.2) is 0 Å². The molecule has 33 heavy (non-hydrogen) atoms. The number of thioether (sulfide) groups is 1. The van der Waals surface area contributed by atoms with E-state index in [0.717, 1.165) is 22.6 Å². The molecule has 4 aromatic rings. The lowest BCUT2D eigenvalue weighted by Gasteiger charge is -2.12. The van der Waals surface area contributed by atoms with Crippen LogP contribution in [-0.4, -0.2) is 38.0 Å². The maximum Gasteiger partial charge on any atom is 0.234 e. The zero-order valence-corrected chi connectivity index (χ0v) is 19.7. The number of aromatic nitrogens is 4. The van der Waals surface area contributed by atoms with Gasteiger partial charge in [0, 0.05) is 34.4 Å². The SMILES string of the molecule is CCOc1ccc(-n2c(SCC(=O)Nc3cc(Cl)ccc3C)nnc2-c2cccnc2)cc1. The van der Waals surface area contributed by atoms with Gasteiger partial charge in [-0.1, -0.05) is 29.4 Å². The van der Waals surface area contributed by atoms with Crippen molar-refractivity contribution < 1.29 is 9.53 Å². The molecule has 0 aliphatic rings. The highest BCUT2D eigenvalue weighted by atomic mass is 35.5. The minimum atomic E-state index is -0.158. The molecule has 7 nitrogen and oxygen atoms in total. The molecule has 1 N–H and O–H groups in total. The zero-order valence-electron chi connectivity index (χ0n) is 18.2. The molecule has 1 amide bonds. The van der Waals surface area contributed by atoms with Crippen LogP contribution < -0.4 is 10.1 Å². The zero-order chi connectivity index (χ0) is 23.2. The normalized spacial score (nSPS) is 10.8. The molecule has 9 heteroatoms. The molecule has 0 spiro atoms. The number of nitrogens with zero attached hydrogens (tertiary/aromatic N) is 4. The van der Waals surface area contributed by atoms with E-state index >= 15 is 0 Å². The van der Waals surface area contributed by atoms with E-state index < -0.39 is 0 Å². The summed E-state index contributed by atoms with van der Waals surface area (Å²) in [6.45, 7) is 4.45. The molecular weight excluding hydrogens is 458 g/mol. The van der Waals surface area contributed by atoms with Crippen LogP contribution in [0.15, 0.2) is 72.1 Å². The smallest absolute Gasteiger partial charge is 0.234 e. The van der Waals surface area contributed by atoms with Gasteiger partial charge in [0.25, 0.3) is 0 Å². The number of rotatable bonds is 8. The van der Waals surface area contributed by atoms with Gasteiger partial charge in [0.2, 0.25) is 5.91 Å². The van der Waals surface area contributed by atoms with E-state index in [-0.39, 0.29) is 11.7 Å². The van der Waals surface area contributed by atoms with Crippen LogP contribution in [0.1, 0.15) is 12.5 Å². The van der Waals surface area contributed by atoms with Crippen molar-refractivity contribution in [3.05, 3.63) is 77.6 Å². The largest absolute Gasteiger partial charge is 0.494 e. The summed E-state index contributed by atoms with van der Waals surface area (Å²) < 4.78 is 7.47. The highest BCUT2D eigenvalue weighted by molar-refractivity contribution is 7.99. The van der Waals surface area contributed by atoms with E-state index in [1.807, 2.05) is 60.9 Å². The van der Waals surface area contributed by atoms with E-state index in [4.69, 9.17) is 16.3 Å². The van der Waals surface area contributed by atoms with Gasteiger partial charge in [0.1, 0.15) is 5.75 Å². The second kappa shape index (κ2) is 10.5. The lowest BCUT2D eigenvalue weighted by Crippen LogP contribution is -2.15. The van der Waals surface area contributed by atoms with Crippen LogP contribution in [-0.2, 0) is 4.79 Å². The fraction of sp³-hybridized carbons (Fsp3) is 0.167. The number of benzene rings is 2. The first-order valence-electron chi connectivity index (χ1n) is 10.3. The highest BCUT2D eigenvalue weighted by Crippen LogP contribution is 2.29. The third kappa shape index (κ3) is 5.53. The molecular formula is C24H22ClN5O2S. The number of hydrogen-bond acceptors (Lipinski definition) is 6. The Morgan fingerprint density at radius 2 is 1.97 bits per heavy atom. The van der Waals surface area contributed by atoms with Crippen molar-refractivity contribution in [2.75, 3.05) is 17.7 Å². The number of hydrogen-bond donors (Lipinski definition) is 1. The maximum atomic E-state index is 12.6. The number of carbonyl (C=O) groups is 1. The summed E-state index contributed by atoms with van der Waals surface area (Å²) in [4.78, 5) is 16.8. The molecule has 0 fully saturated rings. The highest BCUT2D eigenvalue weighted by Gasteiger charge is 2.18. The summed E-state index contributed by atoms with van der Waals surface area (Å²) in [5.74, 6) is 1.42. The number of nitrogens with one attached hydrogen (secondary N) is 1. The number of pyridine rings is 1. The summed E-state index contributed by atoms with van der Waals surface area (Å²) in [7, 11) is 0. The van der Waals surface area contributed by atoms with Crippen molar-refractivity contribution in [3.63, 3.8) is 0 Å². The van der Waals surface area contributed by atoms with Crippen LogP contribution in [0.5, 0.6) is 5.75 Å². The number of anilines is 1. The third-order valence-electron chi connectivity index (χ3n) is 4.77. The van der Waals surface area contributed by atoms with Crippen LogP contribution >= 0.6 is 23.4 Å². The number of carbonyl (C=O) groups excluding carboxylic acids is 1. The van der Waals surface area contributed by atoms with Gasteiger partial charge in [0.15, 0.2) is 11.0 Å². The molecule has 0 aliphatic heterocycles. The molecule has 0 unspecified atom stereocenters. The molecule has 0 atom stereocenters. The Bertz CT molecular complexity index is 1250. The molecule has 2 heterocycles. The quantitative estimate of drug-likeness (QED) is 0.340. The van der Waals surface area contributed by atoms with E-state index in [9.17, 15) is 4.79 Å². The Hall–Kier alpha value is -3.36. The standard InChI is InChI=1S/C24H22ClN5O2S/c1-3-32-20-10-8-19(9-11-20)30-23(17-5-4-12-26-14-17)28-29-24(30)33-15-22(31)27-21-13-18(25)7-6-16(21)2/h4-14H,3,15H2,1-2H3,(H,27,31). The first-order chi connectivity index (χ1) is 16.0. The van der Waals surface area contributed by atoms with Crippen molar-refractivity contribution >= 4 is 35.0 Å². The maximum absolute atomic E-state index is 12.6. The summed E-state index contributed by atoms with van der Waals surface area (Å²) in [5, 5.41) is 12.8. The fourth-order valence-electron chi connectivity index (χ4n) is 3.18. The molecule has 4 rings (SSSR count). The van der Waals surface area contributed by atoms with Crippen molar-refractivity contribution in [1.82, 2.24) is 19.7 Å². The fourth-order valence-corrected chi connectivity index (χ4v) is 4.11. The summed E-state index contributed by atoms with van der Waals surface area (Å²) in [6, 6.07) is 16.8. The molecule has 0 aliphatic carbocycles. The minimum Gasteiger partial charge on any atom is -0.494 e. The van der Waals surface area contributed by atoms with E-state index in [1.165, 1.54) is 11.8 Å². The molecule has 0 radical (unpaired) electrons. The van der Waals surface area contributed by atoms with Crippen LogP contribution in [0.3, 0.4) is 0 Å². The number of aryl methyl sites for hydroxylation is 1. The number of ether oxygens (including phenoxy) is 1. The van der Waals surface area contributed by atoms with E-state index in [1.54, 1.807) is 24.5 Å². The minimum absolute atomic E-state index is 0.158. The number of amides is 1. The molecule has 2 aromatic heterocycles. The second-order valence-electron chi connectivity index (χ2n) is 7.11. The molecule has 0 saturated carbocycles. The monoisotopic (exact) mass is 479 g/mol. The third-order valence-corrected chi connectivity index (χ3v) is 5.93. The summed E-state index contributed by atoms with van der Waals surface area (Å²) in [6.07, 6.45) is 3.44. The van der Waals surface area contributed by atoms with Crippen LogP contribution in [0.2, 0.25) is 5.02 Å². The predicted octanol–water partition coefficient (Wildman–Crippen LogP) is 5.42. The molecule has 2 aromatic carbocycles. The Kier molecular flexibility index (Phi) is 7.26. The predicted molar refractivity (Wildman–Crippen MR) is 131 cm³/mol. The lowest BCUT2D eigenvalue weighted by atomic mass is 10.2. The van der Waals surface area contributed by atoms with Gasteiger partial charge in [-0.15, -0.1) is 10.2 Å². The Morgan fingerprint density at radius 1 is 1.15 bits per heavy atom. The van der Waals surface area contributed by atoms with Crippen molar-refractivity contribution in [1.29, 1.82) is 0 Å². The van der Waals surface area contributed by atoms with Crippen molar-refractivity contribution in [2.24, 2.45) is 0 Å². The van der Waals surface area contributed by atoms with Crippen LogP contribution in [0.4, 0.5) is 5.69 Å². The van der Waals surface area contributed by atoms with Gasteiger partial charge < -0.3 is 10.1 Å². The van der Waals surface area contributed by atoms with Gasteiger partial charge in [-0.3, -0.25) is 14.3 Å². The molecule has 0 bridgehead atoms. The van der Waals surface area contributed by atoms with Gasteiger partial charge in [-0.05, 0) is 67.9 Å². The van der Waals surface area contributed by atoms with E-state index in [0.29, 0.717) is 28.3 Å². The van der Waals surface area contributed by atoms with Crippen LogP contribution in [0.25, 0.3) is 17.1 Å². The molecule has 0 saturated heterocycles. The second-order valence-corrected chi connectivity index (χ2v) is 8.49. The first kappa shape index (κ1) is 22.8. The van der Waals surface area contributed by atoms with Crippen LogP contribution in [0, 0.1) is 6.92 Å². The lowest BCUT2D eigenvalue weighted by molar-refractivity contribution is -0.113. The van der Waals surface area contributed by atoms with Gasteiger partial charge in [0.05, 0.1) is 12.4 Å². The average molecular weight is 480 g/mol. The Morgan fingerprint density at radius 3 is 2.70 bits per heavy atom. The summed E-state index contributed by atoms with van der Waals surface area (Å²) in [5.41, 5.74) is 3.31. The van der Waals surface area contributed by atoms with Gasteiger partial charge >= 0.3 is 0 Å².